The highest BCUT2D eigenvalue weighted by Crippen LogP contribution is 2.22. The number of carbonyl (C=O) groups is 1. The number of carboxylic acid groups (broad SMARTS) is 1. The van der Waals surface area contributed by atoms with Gasteiger partial charge in [0, 0.05) is 5.69 Å². The van der Waals surface area contributed by atoms with E-state index in [-0.39, 0.29) is 23.9 Å². The Hall–Kier alpha value is -1.33. The van der Waals surface area contributed by atoms with Crippen LogP contribution in [0.2, 0.25) is 5.02 Å². The summed E-state index contributed by atoms with van der Waals surface area (Å²) in [5.41, 5.74) is 0.225. The second-order valence-corrected chi connectivity index (χ2v) is 3.16. The third kappa shape index (κ3) is 2.81. The Kier molecular flexibility index (Phi) is 3.88. The third-order valence-electron chi connectivity index (χ3n) is 1.77. The number of halogens is 2. The van der Waals surface area contributed by atoms with Crippen LogP contribution in [0.4, 0.5) is 14.9 Å². The van der Waals surface area contributed by atoms with Crippen molar-refractivity contribution in [3.63, 3.8) is 0 Å². The fourth-order valence-corrected chi connectivity index (χ4v) is 1.26. The molecule has 82 valence electrons. The standard InChI is InChI=1S/C9H9ClFNO3/c10-7-5-6(1-2-8(7)11)12(3-4-13)9(14)15/h1-2,5,13H,3-4H2,(H,14,15). The summed E-state index contributed by atoms with van der Waals surface area (Å²) in [7, 11) is 0. The topological polar surface area (TPSA) is 60.8 Å². The number of anilines is 1. The van der Waals surface area contributed by atoms with E-state index in [0.717, 1.165) is 11.0 Å². The van der Waals surface area contributed by atoms with Crippen molar-refractivity contribution in [2.45, 2.75) is 0 Å². The van der Waals surface area contributed by atoms with Crippen LogP contribution in [0, 0.1) is 5.82 Å². The zero-order chi connectivity index (χ0) is 11.4. The lowest BCUT2D eigenvalue weighted by Gasteiger charge is -2.18. The summed E-state index contributed by atoms with van der Waals surface area (Å²) < 4.78 is 12.8. The summed E-state index contributed by atoms with van der Waals surface area (Å²) in [6.07, 6.45) is -1.23. The molecule has 0 atom stereocenters. The molecule has 0 aliphatic rings. The molecule has 0 aliphatic heterocycles. The molecule has 0 saturated carbocycles. The second kappa shape index (κ2) is 4.95. The monoisotopic (exact) mass is 233 g/mol. The van der Waals surface area contributed by atoms with Gasteiger partial charge in [-0.25, -0.2) is 9.18 Å². The van der Waals surface area contributed by atoms with Crippen molar-refractivity contribution in [1.29, 1.82) is 0 Å². The van der Waals surface area contributed by atoms with Gasteiger partial charge in [-0.05, 0) is 18.2 Å². The van der Waals surface area contributed by atoms with Gasteiger partial charge < -0.3 is 10.2 Å². The van der Waals surface area contributed by atoms with Crippen LogP contribution in [0.15, 0.2) is 18.2 Å². The predicted octanol–water partition coefficient (Wildman–Crippen LogP) is 1.96. The Balaban J connectivity index is 3.01. The van der Waals surface area contributed by atoms with Crippen molar-refractivity contribution < 1.29 is 19.4 Å². The summed E-state index contributed by atoms with van der Waals surface area (Å²) in [5, 5.41) is 17.3. The third-order valence-corrected chi connectivity index (χ3v) is 2.06. The first-order chi connectivity index (χ1) is 7.06. The molecule has 0 bridgehead atoms. The van der Waals surface area contributed by atoms with E-state index >= 15 is 0 Å². The first kappa shape index (κ1) is 11.7. The molecule has 1 aromatic rings. The summed E-state index contributed by atoms with van der Waals surface area (Å²) in [6.45, 7) is -0.404. The van der Waals surface area contributed by atoms with Crippen LogP contribution in [-0.2, 0) is 0 Å². The van der Waals surface area contributed by atoms with Crippen LogP contribution >= 0.6 is 11.6 Å². The lowest BCUT2D eigenvalue weighted by Crippen LogP contribution is -2.31. The molecule has 0 saturated heterocycles. The zero-order valence-electron chi connectivity index (χ0n) is 7.65. The van der Waals surface area contributed by atoms with Gasteiger partial charge in [-0.15, -0.1) is 0 Å². The second-order valence-electron chi connectivity index (χ2n) is 2.76. The highest BCUT2D eigenvalue weighted by atomic mass is 35.5. The summed E-state index contributed by atoms with van der Waals surface area (Å²) in [5.74, 6) is -0.616. The maximum Gasteiger partial charge on any atom is 0.411 e. The van der Waals surface area contributed by atoms with Crippen molar-refractivity contribution in [1.82, 2.24) is 0 Å². The fourth-order valence-electron chi connectivity index (χ4n) is 1.09. The molecule has 1 rings (SSSR count). The minimum absolute atomic E-state index is 0.0860. The molecule has 0 aromatic heterocycles. The Morgan fingerprint density at radius 1 is 1.53 bits per heavy atom. The average Bonchev–Trinajstić information content (AvgIpc) is 2.18. The quantitative estimate of drug-likeness (QED) is 0.839. The average molecular weight is 234 g/mol. The molecule has 1 aromatic carbocycles. The number of hydrogen-bond donors (Lipinski definition) is 2. The normalized spacial score (nSPS) is 10.1. The lowest BCUT2D eigenvalue weighted by atomic mass is 10.3. The maximum absolute atomic E-state index is 12.8. The van der Waals surface area contributed by atoms with Gasteiger partial charge in [-0.2, -0.15) is 0 Å². The molecule has 6 heteroatoms. The zero-order valence-corrected chi connectivity index (χ0v) is 8.41. The smallest absolute Gasteiger partial charge is 0.411 e. The van der Waals surface area contributed by atoms with E-state index in [2.05, 4.69) is 0 Å². The highest BCUT2D eigenvalue weighted by Gasteiger charge is 2.14. The van der Waals surface area contributed by atoms with Crippen LogP contribution < -0.4 is 4.90 Å². The van der Waals surface area contributed by atoms with Gasteiger partial charge in [0.15, 0.2) is 0 Å². The molecule has 1 amide bonds. The molecule has 0 fully saturated rings. The number of benzene rings is 1. The first-order valence-corrected chi connectivity index (χ1v) is 4.50. The van der Waals surface area contributed by atoms with Crippen molar-refractivity contribution in [2.75, 3.05) is 18.1 Å². The van der Waals surface area contributed by atoms with E-state index < -0.39 is 11.9 Å². The Morgan fingerprint density at radius 2 is 2.20 bits per heavy atom. The predicted molar refractivity (Wildman–Crippen MR) is 53.9 cm³/mol. The number of rotatable bonds is 3. The van der Waals surface area contributed by atoms with Crippen LogP contribution in [0.25, 0.3) is 0 Å². The molecule has 15 heavy (non-hydrogen) atoms. The largest absolute Gasteiger partial charge is 0.465 e. The van der Waals surface area contributed by atoms with Crippen LogP contribution in [0.3, 0.4) is 0 Å². The Labute approximate surface area is 90.5 Å². The lowest BCUT2D eigenvalue weighted by molar-refractivity contribution is 0.198. The first-order valence-electron chi connectivity index (χ1n) is 4.12. The van der Waals surface area contributed by atoms with Crippen molar-refractivity contribution >= 4 is 23.4 Å². The van der Waals surface area contributed by atoms with Gasteiger partial charge in [0.05, 0.1) is 18.2 Å². The minimum Gasteiger partial charge on any atom is -0.465 e. The van der Waals surface area contributed by atoms with Gasteiger partial charge in [0.1, 0.15) is 5.82 Å². The molecule has 0 spiro atoms. The van der Waals surface area contributed by atoms with E-state index in [4.69, 9.17) is 21.8 Å². The minimum atomic E-state index is -1.23. The number of hydrogen-bond acceptors (Lipinski definition) is 2. The summed E-state index contributed by atoms with van der Waals surface area (Å²) >= 11 is 5.51. The molecule has 0 unspecified atom stereocenters. The van der Waals surface area contributed by atoms with Gasteiger partial charge in [0.25, 0.3) is 0 Å². The van der Waals surface area contributed by atoms with E-state index in [9.17, 15) is 9.18 Å². The molecule has 0 aliphatic carbocycles. The molecule has 0 radical (unpaired) electrons. The van der Waals surface area contributed by atoms with E-state index in [0.29, 0.717) is 0 Å². The van der Waals surface area contributed by atoms with Gasteiger partial charge >= 0.3 is 6.09 Å². The number of nitrogens with zero attached hydrogens (tertiary/aromatic N) is 1. The Morgan fingerprint density at radius 3 is 2.67 bits per heavy atom. The molecular weight excluding hydrogens is 225 g/mol. The maximum atomic E-state index is 12.8. The van der Waals surface area contributed by atoms with E-state index in [1.165, 1.54) is 12.1 Å². The van der Waals surface area contributed by atoms with E-state index in [1.54, 1.807) is 0 Å². The summed E-state index contributed by atoms with van der Waals surface area (Å²) in [4.78, 5) is 11.6. The molecule has 4 nitrogen and oxygen atoms in total. The van der Waals surface area contributed by atoms with Crippen molar-refractivity contribution in [3.8, 4) is 0 Å². The van der Waals surface area contributed by atoms with Crippen molar-refractivity contribution in [3.05, 3.63) is 29.0 Å². The SMILES string of the molecule is O=C(O)N(CCO)c1ccc(F)c(Cl)c1. The van der Waals surface area contributed by atoms with Crippen LogP contribution in [-0.4, -0.2) is 29.5 Å². The van der Waals surface area contributed by atoms with Gasteiger partial charge in [0.2, 0.25) is 0 Å². The number of amides is 1. The number of aliphatic hydroxyl groups excluding tert-OH is 1. The molecule has 2 N–H and O–H groups in total. The van der Waals surface area contributed by atoms with Crippen LogP contribution in [0.1, 0.15) is 0 Å². The van der Waals surface area contributed by atoms with Gasteiger partial charge in [-0.1, -0.05) is 11.6 Å². The molecular formula is C9H9ClFNO3. The highest BCUT2D eigenvalue weighted by molar-refractivity contribution is 6.31. The fraction of sp³-hybridized carbons (Fsp3) is 0.222. The van der Waals surface area contributed by atoms with Crippen LogP contribution in [0.5, 0.6) is 0 Å². The van der Waals surface area contributed by atoms with Crippen molar-refractivity contribution in [2.24, 2.45) is 0 Å². The molecule has 0 heterocycles. The Bertz CT molecular complexity index is 372. The number of aliphatic hydroxyl groups is 1. The van der Waals surface area contributed by atoms with E-state index in [1.807, 2.05) is 0 Å². The summed E-state index contributed by atoms with van der Waals surface area (Å²) in [6, 6.07) is 3.55. The van der Waals surface area contributed by atoms with Gasteiger partial charge in [-0.3, -0.25) is 4.90 Å².